The van der Waals surface area contributed by atoms with E-state index in [1.54, 1.807) is 36.4 Å². The summed E-state index contributed by atoms with van der Waals surface area (Å²) in [5.74, 6) is 0.316. The molecule has 0 atom stereocenters. The molecule has 0 spiro atoms. The first-order valence-corrected chi connectivity index (χ1v) is 6.86. The van der Waals surface area contributed by atoms with Crippen molar-refractivity contribution >= 4 is 5.91 Å². The number of carbonyl (C=O) groups is 1. The summed E-state index contributed by atoms with van der Waals surface area (Å²) in [5, 5.41) is 0. The summed E-state index contributed by atoms with van der Waals surface area (Å²) in [5.41, 5.74) is 6.29. The third-order valence-corrected chi connectivity index (χ3v) is 3.19. The second kappa shape index (κ2) is 6.31. The molecule has 0 aliphatic heterocycles. The van der Waals surface area contributed by atoms with Crippen molar-refractivity contribution in [3.05, 3.63) is 72.0 Å². The van der Waals surface area contributed by atoms with Gasteiger partial charge in [0, 0.05) is 5.56 Å². The minimum atomic E-state index is -0.569. The van der Waals surface area contributed by atoms with Crippen LogP contribution in [0.5, 0.6) is 5.75 Å². The number of para-hydroxylation sites is 1. The number of rotatable bonds is 5. The zero-order valence-corrected chi connectivity index (χ0v) is 12.0. The predicted molar refractivity (Wildman–Crippen MR) is 81.2 cm³/mol. The Labute approximate surface area is 131 Å². The Hall–Kier alpha value is -3.15. The quantitative estimate of drug-likeness (QED) is 0.785. The van der Waals surface area contributed by atoms with Crippen molar-refractivity contribution in [1.82, 2.24) is 4.98 Å². The summed E-state index contributed by atoms with van der Waals surface area (Å²) in [6.45, 7) is 0.0471. The first-order valence-electron chi connectivity index (χ1n) is 6.86. The van der Waals surface area contributed by atoms with Crippen LogP contribution in [0, 0.1) is 5.82 Å². The number of hydrogen-bond acceptors (Lipinski definition) is 4. The van der Waals surface area contributed by atoms with Gasteiger partial charge in [0.25, 0.3) is 5.91 Å². The van der Waals surface area contributed by atoms with E-state index >= 15 is 0 Å². The molecule has 23 heavy (non-hydrogen) atoms. The van der Waals surface area contributed by atoms with Gasteiger partial charge < -0.3 is 14.9 Å². The van der Waals surface area contributed by atoms with Crippen LogP contribution in [-0.2, 0) is 6.61 Å². The van der Waals surface area contributed by atoms with Gasteiger partial charge >= 0.3 is 0 Å². The Bertz CT molecular complexity index is 828. The SMILES string of the molecule is NC(=O)c1ccccc1OCc1ncc(-c2ccc(F)cc2)o1. The molecule has 0 saturated carbocycles. The number of halogens is 1. The van der Waals surface area contributed by atoms with Crippen molar-refractivity contribution in [3.63, 3.8) is 0 Å². The average Bonchev–Trinajstić information content (AvgIpc) is 3.03. The van der Waals surface area contributed by atoms with Gasteiger partial charge in [-0.25, -0.2) is 9.37 Å². The van der Waals surface area contributed by atoms with Crippen molar-refractivity contribution in [2.45, 2.75) is 6.61 Å². The third kappa shape index (κ3) is 3.37. The van der Waals surface area contributed by atoms with Crippen molar-refractivity contribution in [1.29, 1.82) is 0 Å². The second-order valence-corrected chi connectivity index (χ2v) is 4.77. The van der Waals surface area contributed by atoms with E-state index in [0.717, 1.165) is 0 Å². The largest absolute Gasteiger partial charge is 0.483 e. The molecule has 0 saturated heterocycles. The number of ether oxygens (including phenoxy) is 1. The molecule has 6 heteroatoms. The maximum Gasteiger partial charge on any atom is 0.252 e. The Balaban J connectivity index is 1.73. The molecule has 0 aliphatic carbocycles. The maximum atomic E-state index is 12.9. The lowest BCUT2D eigenvalue weighted by Gasteiger charge is -2.07. The van der Waals surface area contributed by atoms with Gasteiger partial charge in [0.2, 0.25) is 5.89 Å². The number of nitrogens with two attached hydrogens (primary N) is 1. The fourth-order valence-corrected chi connectivity index (χ4v) is 2.06. The van der Waals surface area contributed by atoms with Gasteiger partial charge in [-0.05, 0) is 36.4 Å². The van der Waals surface area contributed by atoms with E-state index in [4.69, 9.17) is 14.9 Å². The zero-order chi connectivity index (χ0) is 16.2. The highest BCUT2D eigenvalue weighted by atomic mass is 19.1. The van der Waals surface area contributed by atoms with E-state index in [0.29, 0.717) is 23.0 Å². The van der Waals surface area contributed by atoms with Crippen LogP contribution >= 0.6 is 0 Å². The molecule has 0 radical (unpaired) electrons. The molecule has 0 unspecified atom stereocenters. The molecular formula is C17H13FN2O3. The van der Waals surface area contributed by atoms with Gasteiger partial charge in [0.05, 0.1) is 11.8 Å². The van der Waals surface area contributed by atoms with Gasteiger partial charge in [-0.3, -0.25) is 4.79 Å². The molecule has 1 amide bonds. The maximum absolute atomic E-state index is 12.9. The van der Waals surface area contributed by atoms with Crippen LogP contribution in [0.1, 0.15) is 16.2 Å². The van der Waals surface area contributed by atoms with E-state index in [9.17, 15) is 9.18 Å². The van der Waals surface area contributed by atoms with Gasteiger partial charge in [-0.15, -0.1) is 0 Å². The number of oxazole rings is 1. The van der Waals surface area contributed by atoms with Crippen LogP contribution in [0.3, 0.4) is 0 Å². The average molecular weight is 312 g/mol. The van der Waals surface area contributed by atoms with E-state index in [2.05, 4.69) is 4.98 Å². The Kier molecular flexibility index (Phi) is 4.05. The minimum Gasteiger partial charge on any atom is -0.483 e. The molecule has 3 rings (SSSR count). The van der Waals surface area contributed by atoms with E-state index < -0.39 is 5.91 Å². The number of amides is 1. The first-order chi connectivity index (χ1) is 11.1. The molecule has 2 N–H and O–H groups in total. The molecule has 1 heterocycles. The Morgan fingerprint density at radius 3 is 2.65 bits per heavy atom. The highest BCUT2D eigenvalue weighted by Crippen LogP contribution is 2.22. The highest BCUT2D eigenvalue weighted by Gasteiger charge is 2.11. The van der Waals surface area contributed by atoms with Crippen LogP contribution in [0.25, 0.3) is 11.3 Å². The highest BCUT2D eigenvalue weighted by molar-refractivity contribution is 5.95. The molecule has 0 bridgehead atoms. The fraction of sp³-hybridized carbons (Fsp3) is 0.0588. The lowest BCUT2D eigenvalue weighted by atomic mass is 10.2. The molecule has 116 valence electrons. The molecule has 0 aliphatic rings. The Morgan fingerprint density at radius 1 is 1.17 bits per heavy atom. The first kappa shape index (κ1) is 14.8. The van der Waals surface area contributed by atoms with Gasteiger partial charge in [0.1, 0.15) is 11.6 Å². The minimum absolute atomic E-state index is 0.0471. The molecule has 0 fully saturated rings. The summed E-state index contributed by atoms with van der Waals surface area (Å²) < 4.78 is 24.0. The van der Waals surface area contributed by atoms with Crippen molar-refractivity contribution in [3.8, 4) is 17.1 Å². The number of nitrogens with zero attached hydrogens (tertiary/aromatic N) is 1. The number of aromatic nitrogens is 1. The normalized spacial score (nSPS) is 10.5. The van der Waals surface area contributed by atoms with Crippen molar-refractivity contribution in [2.75, 3.05) is 0 Å². The fourth-order valence-electron chi connectivity index (χ4n) is 2.06. The van der Waals surface area contributed by atoms with Crippen LogP contribution in [0.4, 0.5) is 4.39 Å². The zero-order valence-electron chi connectivity index (χ0n) is 12.0. The second-order valence-electron chi connectivity index (χ2n) is 4.77. The van der Waals surface area contributed by atoms with Crippen LogP contribution in [-0.4, -0.2) is 10.9 Å². The lowest BCUT2D eigenvalue weighted by molar-refractivity contribution is 0.0995. The van der Waals surface area contributed by atoms with Crippen molar-refractivity contribution < 1.29 is 18.3 Å². The monoisotopic (exact) mass is 312 g/mol. The van der Waals surface area contributed by atoms with E-state index in [-0.39, 0.29) is 18.0 Å². The summed E-state index contributed by atoms with van der Waals surface area (Å²) in [4.78, 5) is 15.4. The van der Waals surface area contributed by atoms with Crippen LogP contribution in [0.15, 0.2) is 59.1 Å². The Morgan fingerprint density at radius 2 is 1.91 bits per heavy atom. The summed E-state index contributed by atoms with van der Waals surface area (Å²) in [6.07, 6.45) is 1.53. The third-order valence-electron chi connectivity index (χ3n) is 3.19. The summed E-state index contributed by atoms with van der Waals surface area (Å²) in [7, 11) is 0. The van der Waals surface area contributed by atoms with Gasteiger partial charge in [0.15, 0.2) is 12.4 Å². The number of hydrogen-bond donors (Lipinski definition) is 1. The van der Waals surface area contributed by atoms with Gasteiger partial charge in [-0.2, -0.15) is 0 Å². The number of primary amides is 1. The molecule has 1 aromatic heterocycles. The van der Waals surface area contributed by atoms with Crippen LogP contribution in [0.2, 0.25) is 0 Å². The number of carbonyl (C=O) groups excluding carboxylic acids is 1. The van der Waals surface area contributed by atoms with Gasteiger partial charge in [-0.1, -0.05) is 12.1 Å². The summed E-state index contributed by atoms with van der Waals surface area (Å²) >= 11 is 0. The molecule has 3 aromatic rings. The standard InChI is InChI=1S/C17H13FN2O3/c18-12-7-5-11(6-8-12)15-9-20-16(23-15)10-22-14-4-2-1-3-13(14)17(19)21/h1-9H,10H2,(H2,19,21). The van der Waals surface area contributed by atoms with E-state index in [1.807, 2.05) is 0 Å². The molecular weight excluding hydrogens is 299 g/mol. The molecule has 5 nitrogen and oxygen atoms in total. The number of benzene rings is 2. The molecule has 2 aromatic carbocycles. The van der Waals surface area contributed by atoms with Crippen molar-refractivity contribution in [2.24, 2.45) is 5.73 Å². The topological polar surface area (TPSA) is 78.4 Å². The smallest absolute Gasteiger partial charge is 0.252 e. The van der Waals surface area contributed by atoms with Crippen LogP contribution < -0.4 is 10.5 Å². The summed E-state index contributed by atoms with van der Waals surface area (Å²) in [6, 6.07) is 12.5. The van der Waals surface area contributed by atoms with E-state index in [1.165, 1.54) is 18.3 Å². The lowest BCUT2D eigenvalue weighted by Crippen LogP contribution is -2.12. The predicted octanol–water partition coefficient (Wildman–Crippen LogP) is 3.16.